The van der Waals surface area contributed by atoms with E-state index in [2.05, 4.69) is 15.8 Å². The molecular formula is C17H17N3O3. The summed E-state index contributed by atoms with van der Waals surface area (Å²) in [6, 6.07) is 14.3. The lowest BCUT2D eigenvalue weighted by atomic mass is 10.2. The van der Waals surface area contributed by atoms with Gasteiger partial charge < -0.3 is 10.4 Å². The minimum atomic E-state index is -0.723. The van der Waals surface area contributed by atoms with Gasteiger partial charge in [0.2, 0.25) is 0 Å². The number of benzene rings is 2. The molecule has 2 aromatic rings. The number of nitrogens with one attached hydrogen (secondary N) is 2. The molecule has 1 atom stereocenters. The maximum atomic E-state index is 11.9. The zero-order valence-corrected chi connectivity index (χ0v) is 12.6. The molecule has 0 bridgehead atoms. The van der Waals surface area contributed by atoms with Crippen molar-refractivity contribution < 1.29 is 14.7 Å². The van der Waals surface area contributed by atoms with E-state index in [0.29, 0.717) is 5.56 Å². The maximum absolute atomic E-state index is 11.9. The van der Waals surface area contributed by atoms with Crippen LogP contribution in [-0.4, -0.2) is 29.2 Å². The van der Waals surface area contributed by atoms with Gasteiger partial charge in [-0.25, -0.2) is 5.43 Å². The number of hydrogen-bond acceptors (Lipinski definition) is 4. The van der Waals surface area contributed by atoms with Crippen molar-refractivity contribution in [1.29, 1.82) is 0 Å². The Morgan fingerprint density at radius 3 is 2.39 bits per heavy atom. The van der Waals surface area contributed by atoms with Gasteiger partial charge in [0, 0.05) is 5.56 Å². The SMILES string of the molecule is C[C@@H](NC(=O)c1ccccc1)C(=O)N/N=C/c1ccc(O)cc1. The number of carbonyl (C=O) groups is 2. The monoisotopic (exact) mass is 311 g/mol. The van der Waals surface area contributed by atoms with Gasteiger partial charge in [0.05, 0.1) is 6.21 Å². The largest absolute Gasteiger partial charge is 0.508 e. The minimum Gasteiger partial charge on any atom is -0.508 e. The molecule has 23 heavy (non-hydrogen) atoms. The van der Waals surface area contributed by atoms with Gasteiger partial charge in [0.25, 0.3) is 11.8 Å². The second-order valence-electron chi connectivity index (χ2n) is 4.89. The predicted molar refractivity (Wildman–Crippen MR) is 87.2 cm³/mol. The van der Waals surface area contributed by atoms with Gasteiger partial charge in [-0.15, -0.1) is 0 Å². The van der Waals surface area contributed by atoms with Crippen LogP contribution in [0, 0.1) is 0 Å². The van der Waals surface area contributed by atoms with Crippen LogP contribution in [0.3, 0.4) is 0 Å². The van der Waals surface area contributed by atoms with Crippen LogP contribution >= 0.6 is 0 Å². The van der Waals surface area contributed by atoms with Crippen LogP contribution in [0.1, 0.15) is 22.8 Å². The van der Waals surface area contributed by atoms with Crippen molar-refractivity contribution in [3.63, 3.8) is 0 Å². The topological polar surface area (TPSA) is 90.8 Å². The number of nitrogens with zero attached hydrogens (tertiary/aromatic N) is 1. The highest BCUT2D eigenvalue weighted by Gasteiger charge is 2.15. The first kappa shape index (κ1) is 16.2. The maximum Gasteiger partial charge on any atom is 0.262 e. The molecule has 0 aliphatic rings. The zero-order valence-electron chi connectivity index (χ0n) is 12.6. The Morgan fingerprint density at radius 1 is 1.09 bits per heavy atom. The van der Waals surface area contributed by atoms with Crippen molar-refractivity contribution in [2.24, 2.45) is 5.10 Å². The van der Waals surface area contributed by atoms with Gasteiger partial charge >= 0.3 is 0 Å². The molecule has 2 aromatic carbocycles. The lowest BCUT2D eigenvalue weighted by Crippen LogP contribution is -2.43. The average molecular weight is 311 g/mol. The van der Waals surface area contributed by atoms with Crippen molar-refractivity contribution in [1.82, 2.24) is 10.7 Å². The molecule has 0 unspecified atom stereocenters. The van der Waals surface area contributed by atoms with E-state index in [0.717, 1.165) is 5.56 Å². The van der Waals surface area contributed by atoms with E-state index in [4.69, 9.17) is 5.11 Å². The number of hydrogen-bond donors (Lipinski definition) is 3. The summed E-state index contributed by atoms with van der Waals surface area (Å²) in [6.07, 6.45) is 1.45. The Kier molecular flexibility index (Phi) is 5.46. The number of amides is 2. The van der Waals surface area contributed by atoms with E-state index < -0.39 is 11.9 Å². The molecule has 6 heteroatoms. The molecular weight excluding hydrogens is 294 g/mol. The Bertz CT molecular complexity index is 697. The fourth-order valence-corrected chi connectivity index (χ4v) is 1.76. The summed E-state index contributed by atoms with van der Waals surface area (Å²) in [5.41, 5.74) is 3.57. The Balaban J connectivity index is 1.85. The van der Waals surface area contributed by atoms with E-state index in [-0.39, 0.29) is 11.7 Å². The molecule has 3 N–H and O–H groups in total. The van der Waals surface area contributed by atoms with Gasteiger partial charge in [-0.1, -0.05) is 18.2 Å². The van der Waals surface area contributed by atoms with Crippen molar-refractivity contribution in [3.8, 4) is 5.75 Å². The third-order valence-electron chi connectivity index (χ3n) is 3.06. The molecule has 0 fully saturated rings. The summed E-state index contributed by atoms with van der Waals surface area (Å²) in [6.45, 7) is 1.58. The van der Waals surface area contributed by atoms with Gasteiger partial charge in [-0.3, -0.25) is 9.59 Å². The fraction of sp³-hybridized carbons (Fsp3) is 0.118. The first-order chi connectivity index (χ1) is 11.1. The number of hydrazone groups is 1. The molecule has 0 spiro atoms. The number of carbonyl (C=O) groups excluding carboxylic acids is 2. The number of phenolic OH excluding ortho intramolecular Hbond substituents is 1. The summed E-state index contributed by atoms with van der Waals surface area (Å²) >= 11 is 0. The molecule has 0 radical (unpaired) electrons. The molecule has 2 amide bonds. The van der Waals surface area contributed by atoms with E-state index in [1.807, 2.05) is 6.07 Å². The van der Waals surface area contributed by atoms with Gasteiger partial charge in [0.15, 0.2) is 0 Å². The molecule has 0 aliphatic carbocycles. The van der Waals surface area contributed by atoms with Crippen LogP contribution < -0.4 is 10.7 Å². The van der Waals surface area contributed by atoms with Crippen LogP contribution in [0.4, 0.5) is 0 Å². The Labute approximate surface area is 133 Å². The third-order valence-corrected chi connectivity index (χ3v) is 3.06. The van der Waals surface area contributed by atoms with Crippen LogP contribution in [0.2, 0.25) is 0 Å². The van der Waals surface area contributed by atoms with Gasteiger partial charge in [0.1, 0.15) is 11.8 Å². The van der Waals surface area contributed by atoms with Crippen molar-refractivity contribution >= 4 is 18.0 Å². The van der Waals surface area contributed by atoms with Gasteiger partial charge in [-0.2, -0.15) is 5.10 Å². The van der Waals surface area contributed by atoms with Crippen LogP contribution in [0.25, 0.3) is 0 Å². The van der Waals surface area contributed by atoms with Crippen LogP contribution in [0.15, 0.2) is 59.7 Å². The summed E-state index contributed by atoms with van der Waals surface area (Å²) < 4.78 is 0. The second-order valence-corrected chi connectivity index (χ2v) is 4.89. The standard InChI is InChI=1S/C17H17N3O3/c1-12(19-17(23)14-5-3-2-4-6-14)16(22)20-18-11-13-7-9-15(21)10-8-13/h2-12,21H,1H3,(H,19,23)(H,20,22)/b18-11+/t12-/m1/s1. The Hall–Kier alpha value is -3.15. The molecule has 0 saturated heterocycles. The summed E-state index contributed by atoms with van der Waals surface area (Å²) in [7, 11) is 0. The lowest BCUT2D eigenvalue weighted by Gasteiger charge is -2.12. The van der Waals surface area contributed by atoms with Gasteiger partial charge in [-0.05, 0) is 48.9 Å². The molecule has 118 valence electrons. The average Bonchev–Trinajstić information content (AvgIpc) is 2.57. The predicted octanol–water partition coefficient (Wildman–Crippen LogP) is 1.66. The number of rotatable bonds is 5. The second kappa shape index (κ2) is 7.74. The number of aromatic hydroxyl groups is 1. The van der Waals surface area contributed by atoms with Crippen molar-refractivity contribution in [3.05, 3.63) is 65.7 Å². The van der Waals surface area contributed by atoms with E-state index in [1.54, 1.807) is 43.3 Å². The smallest absolute Gasteiger partial charge is 0.262 e. The molecule has 2 rings (SSSR count). The van der Waals surface area contributed by atoms with Crippen molar-refractivity contribution in [2.45, 2.75) is 13.0 Å². The van der Waals surface area contributed by atoms with E-state index >= 15 is 0 Å². The van der Waals surface area contributed by atoms with E-state index in [9.17, 15) is 9.59 Å². The number of phenols is 1. The molecule has 6 nitrogen and oxygen atoms in total. The first-order valence-electron chi connectivity index (χ1n) is 7.04. The molecule has 0 heterocycles. The lowest BCUT2D eigenvalue weighted by molar-refractivity contribution is -0.122. The highest BCUT2D eigenvalue weighted by Crippen LogP contribution is 2.07. The fourth-order valence-electron chi connectivity index (χ4n) is 1.76. The molecule has 0 aliphatic heterocycles. The van der Waals surface area contributed by atoms with Crippen molar-refractivity contribution in [2.75, 3.05) is 0 Å². The zero-order chi connectivity index (χ0) is 16.7. The minimum absolute atomic E-state index is 0.156. The quantitative estimate of drug-likeness (QED) is 0.579. The normalized spacial score (nSPS) is 11.9. The summed E-state index contributed by atoms with van der Waals surface area (Å²) in [4.78, 5) is 23.8. The highest BCUT2D eigenvalue weighted by atomic mass is 16.3. The van der Waals surface area contributed by atoms with E-state index in [1.165, 1.54) is 18.3 Å². The first-order valence-corrected chi connectivity index (χ1v) is 7.04. The summed E-state index contributed by atoms with van der Waals surface area (Å²) in [5, 5.41) is 15.6. The highest BCUT2D eigenvalue weighted by molar-refractivity contribution is 5.97. The van der Waals surface area contributed by atoms with Crippen LogP contribution in [0.5, 0.6) is 5.75 Å². The molecule has 0 saturated carbocycles. The third kappa shape index (κ3) is 4.96. The molecule has 0 aromatic heterocycles. The summed E-state index contributed by atoms with van der Waals surface area (Å²) in [5.74, 6) is -0.594. The Morgan fingerprint density at radius 2 is 1.74 bits per heavy atom. The van der Waals surface area contributed by atoms with Crippen LogP contribution in [-0.2, 0) is 4.79 Å².